The Kier molecular flexibility index (Phi) is 4.60. The Balaban J connectivity index is 1.85. The molecule has 0 radical (unpaired) electrons. The van der Waals surface area contributed by atoms with Crippen molar-refractivity contribution < 1.29 is 9.53 Å². The van der Waals surface area contributed by atoms with E-state index >= 15 is 0 Å². The fourth-order valence-corrected chi connectivity index (χ4v) is 2.40. The highest BCUT2D eigenvalue weighted by atomic mass is 35.5. The summed E-state index contributed by atoms with van der Waals surface area (Å²) in [5.41, 5.74) is 1.73. The molecule has 0 saturated carbocycles. The van der Waals surface area contributed by atoms with Crippen LogP contribution in [-0.4, -0.2) is 11.9 Å². The predicted octanol–water partition coefficient (Wildman–Crippen LogP) is 4.89. The lowest BCUT2D eigenvalue weighted by Gasteiger charge is -2.03. The Bertz CT molecular complexity index is 839. The van der Waals surface area contributed by atoms with Crippen LogP contribution in [0.2, 0.25) is 10.0 Å². The van der Waals surface area contributed by atoms with Crippen LogP contribution >= 0.6 is 23.2 Å². The average Bonchev–Trinajstić information content (AvgIpc) is 2.92. The van der Waals surface area contributed by atoms with Crippen LogP contribution in [0, 0.1) is 0 Å². The third-order valence-electron chi connectivity index (χ3n) is 3.14. The number of carbonyl (C=O) groups is 1. The highest BCUT2D eigenvalue weighted by Crippen LogP contribution is 2.28. The van der Waals surface area contributed by atoms with Crippen molar-refractivity contribution >= 4 is 41.1 Å². The SMILES string of the molecule is O=C1OC(c2cccc(Cl)c2Cl)=NC1=CC=Cc1ccccc1. The molecule has 1 aliphatic heterocycles. The van der Waals surface area contributed by atoms with E-state index in [0.29, 0.717) is 15.6 Å². The molecule has 0 atom stereocenters. The van der Waals surface area contributed by atoms with E-state index in [4.69, 9.17) is 27.9 Å². The minimum atomic E-state index is -0.520. The summed E-state index contributed by atoms with van der Waals surface area (Å²) in [4.78, 5) is 16.1. The molecule has 0 fully saturated rings. The molecule has 1 heterocycles. The molecule has 0 spiro atoms. The van der Waals surface area contributed by atoms with Crippen LogP contribution in [0.25, 0.3) is 6.08 Å². The standard InChI is InChI=1S/C18H11Cl2NO2/c19-14-10-5-9-13(16(14)20)17-21-15(18(22)23-17)11-4-8-12-6-2-1-3-7-12/h1-11H. The number of nitrogens with zero attached hydrogens (tertiary/aromatic N) is 1. The van der Waals surface area contributed by atoms with Crippen LogP contribution in [0.4, 0.5) is 0 Å². The smallest absolute Gasteiger partial charge is 0.363 e. The Morgan fingerprint density at radius 3 is 2.57 bits per heavy atom. The van der Waals surface area contributed by atoms with Gasteiger partial charge in [0.15, 0.2) is 5.70 Å². The second-order valence-corrected chi connectivity index (χ2v) is 5.51. The summed E-state index contributed by atoms with van der Waals surface area (Å²) in [6.07, 6.45) is 5.22. The largest absolute Gasteiger partial charge is 0.402 e. The maximum atomic E-state index is 11.9. The molecule has 0 saturated heterocycles. The lowest BCUT2D eigenvalue weighted by molar-refractivity contribution is -0.130. The number of esters is 1. The van der Waals surface area contributed by atoms with Crippen molar-refractivity contribution in [3.05, 3.63) is 87.6 Å². The van der Waals surface area contributed by atoms with Crippen molar-refractivity contribution in [1.29, 1.82) is 0 Å². The fourth-order valence-electron chi connectivity index (χ4n) is 2.02. The first-order chi connectivity index (χ1) is 11.1. The minimum Gasteiger partial charge on any atom is -0.402 e. The van der Waals surface area contributed by atoms with E-state index in [9.17, 15) is 4.79 Å². The number of rotatable bonds is 3. The summed E-state index contributed by atoms with van der Waals surface area (Å²) in [7, 11) is 0. The lowest BCUT2D eigenvalue weighted by Crippen LogP contribution is -2.06. The number of allylic oxidation sites excluding steroid dienone is 2. The normalized spacial score (nSPS) is 16.0. The number of benzene rings is 2. The summed E-state index contributed by atoms with van der Waals surface area (Å²) in [5.74, 6) is -0.365. The summed E-state index contributed by atoms with van der Waals surface area (Å²) in [5, 5.41) is 0.686. The first kappa shape index (κ1) is 15.5. The molecule has 0 unspecified atom stereocenters. The molecule has 114 valence electrons. The second kappa shape index (κ2) is 6.82. The fraction of sp³-hybridized carbons (Fsp3) is 0. The first-order valence-electron chi connectivity index (χ1n) is 6.84. The van der Waals surface area contributed by atoms with E-state index in [1.165, 1.54) is 0 Å². The number of carbonyl (C=O) groups excluding carboxylic acids is 1. The number of halogens is 2. The van der Waals surface area contributed by atoms with Crippen molar-refractivity contribution in [2.45, 2.75) is 0 Å². The Labute approximate surface area is 143 Å². The van der Waals surface area contributed by atoms with Crippen molar-refractivity contribution in [3.63, 3.8) is 0 Å². The zero-order valence-electron chi connectivity index (χ0n) is 11.9. The average molecular weight is 344 g/mol. The van der Waals surface area contributed by atoms with Crippen LogP contribution in [0.3, 0.4) is 0 Å². The molecule has 1 aliphatic rings. The number of aliphatic imine (C=N–C) groups is 1. The third-order valence-corrected chi connectivity index (χ3v) is 3.96. The van der Waals surface area contributed by atoms with Gasteiger partial charge in [-0.2, -0.15) is 0 Å². The van der Waals surface area contributed by atoms with Gasteiger partial charge in [-0.15, -0.1) is 0 Å². The van der Waals surface area contributed by atoms with Gasteiger partial charge in [0.2, 0.25) is 5.90 Å². The van der Waals surface area contributed by atoms with Gasteiger partial charge in [0.1, 0.15) is 0 Å². The van der Waals surface area contributed by atoms with Gasteiger partial charge in [-0.25, -0.2) is 9.79 Å². The third kappa shape index (κ3) is 3.52. The molecule has 3 nitrogen and oxygen atoms in total. The number of cyclic esters (lactones) is 1. The molecular weight excluding hydrogens is 333 g/mol. The molecule has 2 aromatic carbocycles. The molecule has 0 amide bonds. The van der Waals surface area contributed by atoms with E-state index in [0.717, 1.165) is 5.56 Å². The lowest BCUT2D eigenvalue weighted by atomic mass is 10.2. The predicted molar refractivity (Wildman–Crippen MR) is 92.6 cm³/mol. The Hall–Kier alpha value is -2.36. The van der Waals surface area contributed by atoms with Crippen LogP contribution < -0.4 is 0 Å². The van der Waals surface area contributed by atoms with E-state index in [1.807, 2.05) is 36.4 Å². The van der Waals surface area contributed by atoms with Crippen LogP contribution in [-0.2, 0) is 9.53 Å². The van der Waals surface area contributed by atoms with Crippen LogP contribution in [0.1, 0.15) is 11.1 Å². The second-order valence-electron chi connectivity index (χ2n) is 4.73. The van der Waals surface area contributed by atoms with Crippen molar-refractivity contribution in [1.82, 2.24) is 0 Å². The molecule has 3 rings (SSSR count). The molecular formula is C18H11Cl2NO2. The molecule has 0 aromatic heterocycles. The summed E-state index contributed by atoms with van der Waals surface area (Å²) >= 11 is 12.1. The van der Waals surface area contributed by atoms with Gasteiger partial charge < -0.3 is 4.74 Å². The molecule has 0 aliphatic carbocycles. The minimum absolute atomic E-state index is 0.155. The van der Waals surface area contributed by atoms with Gasteiger partial charge in [-0.1, -0.05) is 71.8 Å². The maximum absolute atomic E-state index is 11.9. The Morgan fingerprint density at radius 1 is 1.00 bits per heavy atom. The number of hydrogen-bond donors (Lipinski definition) is 0. The molecule has 5 heteroatoms. The molecule has 2 aromatic rings. The number of hydrogen-bond acceptors (Lipinski definition) is 3. The molecule has 23 heavy (non-hydrogen) atoms. The van der Waals surface area contributed by atoms with Crippen molar-refractivity contribution in [3.8, 4) is 0 Å². The summed E-state index contributed by atoms with van der Waals surface area (Å²) in [6.45, 7) is 0. The highest BCUT2D eigenvalue weighted by molar-refractivity contribution is 6.44. The summed E-state index contributed by atoms with van der Waals surface area (Å²) < 4.78 is 5.16. The van der Waals surface area contributed by atoms with Crippen LogP contribution in [0.5, 0.6) is 0 Å². The topological polar surface area (TPSA) is 38.7 Å². The first-order valence-corrected chi connectivity index (χ1v) is 7.59. The van der Waals surface area contributed by atoms with E-state index in [-0.39, 0.29) is 11.6 Å². The zero-order chi connectivity index (χ0) is 16.2. The zero-order valence-corrected chi connectivity index (χ0v) is 13.4. The van der Waals surface area contributed by atoms with Crippen molar-refractivity contribution in [2.75, 3.05) is 0 Å². The monoisotopic (exact) mass is 343 g/mol. The van der Waals surface area contributed by atoms with E-state index < -0.39 is 5.97 Å². The van der Waals surface area contributed by atoms with Gasteiger partial charge in [0.05, 0.1) is 15.6 Å². The highest BCUT2D eigenvalue weighted by Gasteiger charge is 2.25. The van der Waals surface area contributed by atoms with E-state index in [1.54, 1.807) is 30.4 Å². The van der Waals surface area contributed by atoms with Gasteiger partial charge in [0, 0.05) is 0 Å². The van der Waals surface area contributed by atoms with Crippen molar-refractivity contribution in [2.24, 2.45) is 4.99 Å². The van der Waals surface area contributed by atoms with Gasteiger partial charge in [-0.3, -0.25) is 0 Å². The van der Waals surface area contributed by atoms with Crippen LogP contribution in [0.15, 0.2) is 71.4 Å². The van der Waals surface area contributed by atoms with Gasteiger partial charge >= 0.3 is 5.97 Å². The quantitative estimate of drug-likeness (QED) is 0.587. The number of ether oxygens (including phenoxy) is 1. The molecule has 0 bridgehead atoms. The van der Waals surface area contributed by atoms with E-state index in [2.05, 4.69) is 4.99 Å². The molecule has 0 N–H and O–H groups in total. The summed E-state index contributed by atoms with van der Waals surface area (Å²) in [6, 6.07) is 14.8. The van der Waals surface area contributed by atoms with Gasteiger partial charge in [0.25, 0.3) is 0 Å². The maximum Gasteiger partial charge on any atom is 0.363 e. The Morgan fingerprint density at radius 2 is 1.78 bits per heavy atom. The van der Waals surface area contributed by atoms with Gasteiger partial charge in [-0.05, 0) is 23.8 Å².